The lowest BCUT2D eigenvalue weighted by Crippen LogP contribution is -2.46. The quantitative estimate of drug-likeness (QED) is 0.907. The van der Waals surface area contributed by atoms with Crippen LogP contribution in [0.5, 0.6) is 0 Å². The molecule has 1 aliphatic heterocycles. The van der Waals surface area contributed by atoms with Crippen molar-refractivity contribution in [2.24, 2.45) is 5.92 Å². The summed E-state index contributed by atoms with van der Waals surface area (Å²) in [5, 5.41) is -0.367. The second kappa shape index (κ2) is 6.90. The molecule has 2 atom stereocenters. The van der Waals surface area contributed by atoms with E-state index in [0.717, 1.165) is 6.42 Å². The van der Waals surface area contributed by atoms with Crippen molar-refractivity contribution < 1.29 is 13.2 Å². The lowest BCUT2D eigenvalue weighted by molar-refractivity contribution is 0.0569. The van der Waals surface area contributed by atoms with E-state index in [-0.39, 0.29) is 17.2 Å². The normalized spacial score (nSPS) is 23.4. The zero-order chi connectivity index (χ0) is 15.5. The van der Waals surface area contributed by atoms with E-state index in [1.807, 2.05) is 26.0 Å². The van der Waals surface area contributed by atoms with Gasteiger partial charge in [0.05, 0.1) is 11.9 Å². The molecular weight excluding hydrogens is 286 g/mol. The molecule has 1 saturated heterocycles. The first-order chi connectivity index (χ1) is 9.90. The van der Waals surface area contributed by atoms with E-state index in [1.165, 1.54) is 11.1 Å². The van der Waals surface area contributed by atoms with Crippen LogP contribution in [0.15, 0.2) is 24.3 Å². The summed E-state index contributed by atoms with van der Waals surface area (Å²) in [5.74, 6) is 0.0103. The SMILES string of the molecule is Cc1ccccc1CC1COCCC1S(=O)(=O)NC(C)C. The number of rotatable bonds is 5. The van der Waals surface area contributed by atoms with Gasteiger partial charge in [-0.1, -0.05) is 24.3 Å². The van der Waals surface area contributed by atoms with Crippen LogP contribution in [-0.2, 0) is 21.2 Å². The monoisotopic (exact) mass is 311 g/mol. The van der Waals surface area contributed by atoms with E-state index in [0.29, 0.717) is 19.6 Å². The molecule has 0 aromatic heterocycles. The molecule has 1 aliphatic rings. The third kappa shape index (κ3) is 4.28. The molecule has 1 aromatic rings. The Morgan fingerprint density at radius 1 is 1.33 bits per heavy atom. The molecule has 21 heavy (non-hydrogen) atoms. The van der Waals surface area contributed by atoms with Gasteiger partial charge in [-0.15, -0.1) is 0 Å². The highest BCUT2D eigenvalue weighted by Crippen LogP contribution is 2.26. The zero-order valence-corrected chi connectivity index (χ0v) is 13.8. The van der Waals surface area contributed by atoms with Crippen LogP contribution >= 0.6 is 0 Å². The maximum absolute atomic E-state index is 12.5. The molecule has 0 amide bonds. The molecule has 1 heterocycles. The summed E-state index contributed by atoms with van der Waals surface area (Å²) >= 11 is 0. The third-order valence-corrected chi connectivity index (χ3v) is 6.16. The Labute approximate surface area is 127 Å². The Balaban J connectivity index is 2.18. The van der Waals surface area contributed by atoms with Crippen molar-refractivity contribution in [3.8, 4) is 0 Å². The van der Waals surface area contributed by atoms with Gasteiger partial charge in [-0.25, -0.2) is 13.1 Å². The number of nitrogens with one attached hydrogen (secondary N) is 1. The summed E-state index contributed by atoms with van der Waals surface area (Å²) in [7, 11) is -3.29. The first-order valence-corrected chi connectivity index (χ1v) is 9.08. The number of aryl methyl sites for hydroxylation is 1. The molecule has 1 fully saturated rings. The van der Waals surface area contributed by atoms with Crippen LogP contribution in [0.25, 0.3) is 0 Å². The fraction of sp³-hybridized carbons (Fsp3) is 0.625. The molecule has 0 saturated carbocycles. The largest absolute Gasteiger partial charge is 0.381 e. The maximum atomic E-state index is 12.5. The van der Waals surface area contributed by atoms with Gasteiger partial charge in [-0.2, -0.15) is 0 Å². The molecule has 4 nitrogen and oxygen atoms in total. The first-order valence-electron chi connectivity index (χ1n) is 7.53. The van der Waals surface area contributed by atoms with Gasteiger partial charge in [0.15, 0.2) is 0 Å². The molecule has 1 N–H and O–H groups in total. The zero-order valence-electron chi connectivity index (χ0n) is 13.0. The fourth-order valence-electron chi connectivity index (χ4n) is 2.91. The van der Waals surface area contributed by atoms with Crippen LogP contribution in [0.4, 0.5) is 0 Å². The smallest absolute Gasteiger partial charge is 0.215 e. The van der Waals surface area contributed by atoms with E-state index in [1.54, 1.807) is 0 Å². The van der Waals surface area contributed by atoms with Crippen molar-refractivity contribution in [1.29, 1.82) is 0 Å². The van der Waals surface area contributed by atoms with Crippen molar-refractivity contribution in [3.05, 3.63) is 35.4 Å². The van der Waals surface area contributed by atoms with E-state index < -0.39 is 10.0 Å². The second-order valence-corrected chi connectivity index (χ2v) is 8.04. The number of ether oxygens (including phenoxy) is 1. The van der Waals surface area contributed by atoms with E-state index in [4.69, 9.17) is 4.74 Å². The Kier molecular flexibility index (Phi) is 5.41. The van der Waals surface area contributed by atoms with Crippen molar-refractivity contribution in [2.45, 2.75) is 44.9 Å². The average Bonchev–Trinajstić information content (AvgIpc) is 2.40. The van der Waals surface area contributed by atoms with E-state index in [2.05, 4.69) is 23.8 Å². The van der Waals surface area contributed by atoms with Crippen LogP contribution < -0.4 is 4.72 Å². The molecule has 0 radical (unpaired) electrons. The highest BCUT2D eigenvalue weighted by molar-refractivity contribution is 7.90. The van der Waals surface area contributed by atoms with Crippen molar-refractivity contribution >= 4 is 10.0 Å². The standard InChI is InChI=1S/C16H25NO3S/c1-12(2)17-21(18,19)16-8-9-20-11-15(16)10-14-7-5-4-6-13(14)3/h4-7,12,15-17H,8-11H2,1-3H3. The van der Waals surface area contributed by atoms with Crippen molar-refractivity contribution in [3.63, 3.8) is 0 Å². The summed E-state index contributed by atoms with van der Waals surface area (Å²) in [6, 6.07) is 8.07. The molecule has 5 heteroatoms. The molecule has 0 bridgehead atoms. The minimum absolute atomic E-state index is 0.0103. The van der Waals surface area contributed by atoms with Gasteiger partial charge in [0.1, 0.15) is 0 Å². The lowest BCUT2D eigenvalue weighted by atomic mass is 9.91. The number of sulfonamides is 1. The Bertz CT molecular complexity index is 569. The molecule has 118 valence electrons. The molecule has 2 rings (SSSR count). The fourth-order valence-corrected chi connectivity index (χ4v) is 4.83. The minimum Gasteiger partial charge on any atom is -0.381 e. The highest BCUT2D eigenvalue weighted by atomic mass is 32.2. The van der Waals surface area contributed by atoms with E-state index in [9.17, 15) is 8.42 Å². The van der Waals surface area contributed by atoms with Crippen LogP contribution in [-0.4, -0.2) is 32.9 Å². The van der Waals surface area contributed by atoms with Crippen molar-refractivity contribution in [1.82, 2.24) is 4.72 Å². The van der Waals surface area contributed by atoms with Crippen molar-refractivity contribution in [2.75, 3.05) is 13.2 Å². The number of hydrogen-bond donors (Lipinski definition) is 1. The summed E-state index contributed by atoms with van der Waals surface area (Å²) in [6.45, 7) is 6.81. The molecular formula is C16H25NO3S. The number of benzene rings is 1. The lowest BCUT2D eigenvalue weighted by Gasteiger charge is -2.32. The summed E-state index contributed by atoms with van der Waals surface area (Å²) in [6.07, 6.45) is 1.31. The molecule has 2 unspecified atom stereocenters. The van der Waals surface area contributed by atoms with Crippen LogP contribution in [0.2, 0.25) is 0 Å². The Morgan fingerprint density at radius 3 is 2.71 bits per heavy atom. The maximum Gasteiger partial charge on any atom is 0.215 e. The average molecular weight is 311 g/mol. The summed E-state index contributed by atoms with van der Waals surface area (Å²) in [5.41, 5.74) is 2.41. The van der Waals surface area contributed by atoms with Crippen LogP contribution in [0.1, 0.15) is 31.4 Å². The topological polar surface area (TPSA) is 55.4 Å². The van der Waals surface area contributed by atoms with Gasteiger partial charge in [-0.05, 0) is 44.7 Å². The predicted octanol–water partition coefficient (Wildman–Crippen LogP) is 2.27. The predicted molar refractivity (Wildman–Crippen MR) is 84.8 cm³/mol. The van der Waals surface area contributed by atoms with Gasteiger partial charge >= 0.3 is 0 Å². The van der Waals surface area contributed by atoms with Gasteiger partial charge in [-0.3, -0.25) is 0 Å². The van der Waals surface area contributed by atoms with Crippen LogP contribution in [0, 0.1) is 12.8 Å². The summed E-state index contributed by atoms with van der Waals surface area (Å²) < 4.78 is 33.3. The van der Waals surface area contributed by atoms with E-state index >= 15 is 0 Å². The molecule has 1 aromatic carbocycles. The first kappa shape index (κ1) is 16.5. The Morgan fingerprint density at radius 2 is 2.05 bits per heavy atom. The van der Waals surface area contributed by atoms with Gasteiger partial charge in [0.2, 0.25) is 10.0 Å². The third-order valence-electron chi connectivity index (χ3n) is 3.95. The van der Waals surface area contributed by atoms with Gasteiger partial charge < -0.3 is 4.74 Å². The molecule has 0 aliphatic carbocycles. The Hall–Kier alpha value is -0.910. The highest BCUT2D eigenvalue weighted by Gasteiger charge is 2.36. The van der Waals surface area contributed by atoms with Crippen LogP contribution in [0.3, 0.4) is 0 Å². The molecule has 0 spiro atoms. The van der Waals surface area contributed by atoms with Gasteiger partial charge in [0.25, 0.3) is 0 Å². The van der Waals surface area contributed by atoms with Gasteiger partial charge in [0, 0.05) is 18.6 Å². The number of hydrogen-bond acceptors (Lipinski definition) is 3. The minimum atomic E-state index is -3.29. The summed E-state index contributed by atoms with van der Waals surface area (Å²) in [4.78, 5) is 0. The second-order valence-electron chi connectivity index (χ2n) is 6.11.